The third-order valence-electron chi connectivity index (χ3n) is 4.47. The van der Waals surface area contributed by atoms with E-state index in [1.807, 2.05) is 0 Å². The van der Waals surface area contributed by atoms with E-state index in [0.717, 1.165) is 42.5 Å². The number of carbonyl (C=O) groups excluding carboxylic acids is 1. The van der Waals surface area contributed by atoms with Crippen LogP contribution in [-0.2, 0) is 23.0 Å². The molecule has 1 aliphatic rings. The van der Waals surface area contributed by atoms with E-state index in [0.29, 0.717) is 10.7 Å². The van der Waals surface area contributed by atoms with Gasteiger partial charge in [-0.25, -0.2) is 17.7 Å². The molecule has 0 aliphatic carbocycles. The molecule has 2 heterocycles. The third kappa shape index (κ3) is 4.37. The highest BCUT2D eigenvalue weighted by atomic mass is 32.2. The Morgan fingerprint density at radius 3 is 2.63 bits per heavy atom. The number of thiazole rings is 1. The third-order valence-corrected chi connectivity index (χ3v) is 7.29. The van der Waals surface area contributed by atoms with Crippen molar-refractivity contribution in [3.8, 4) is 0 Å². The predicted octanol–water partition coefficient (Wildman–Crippen LogP) is 2.41. The zero-order valence-electron chi connectivity index (χ0n) is 15.7. The zero-order valence-corrected chi connectivity index (χ0v) is 17.4. The van der Waals surface area contributed by atoms with Crippen LogP contribution in [-0.4, -0.2) is 55.7 Å². The molecule has 0 fully saturated rings. The summed E-state index contributed by atoms with van der Waals surface area (Å²) in [6.45, 7) is 5.12. The largest absolute Gasteiger partial charge is 0.298 e. The average molecular weight is 409 g/mol. The van der Waals surface area contributed by atoms with Crippen LogP contribution in [0.5, 0.6) is 0 Å². The van der Waals surface area contributed by atoms with Gasteiger partial charge in [0.1, 0.15) is 0 Å². The second-order valence-corrected chi connectivity index (χ2v) is 9.92. The Bertz CT molecular complexity index is 921. The molecule has 0 atom stereocenters. The van der Waals surface area contributed by atoms with Crippen LogP contribution in [0.25, 0.3) is 0 Å². The summed E-state index contributed by atoms with van der Waals surface area (Å²) >= 11 is 1.51. The summed E-state index contributed by atoms with van der Waals surface area (Å²) in [5, 5.41) is 3.42. The summed E-state index contributed by atoms with van der Waals surface area (Å²) in [7, 11) is -0.556. The van der Waals surface area contributed by atoms with Crippen molar-refractivity contribution < 1.29 is 13.2 Å². The number of aromatic nitrogens is 1. The molecule has 0 saturated heterocycles. The van der Waals surface area contributed by atoms with E-state index in [-0.39, 0.29) is 10.8 Å². The zero-order chi connectivity index (χ0) is 19.6. The van der Waals surface area contributed by atoms with Crippen LogP contribution < -0.4 is 5.32 Å². The molecule has 7 nitrogen and oxygen atoms in total. The van der Waals surface area contributed by atoms with Gasteiger partial charge in [0, 0.05) is 44.0 Å². The standard InChI is InChI=1S/C18H24N4O3S2/c1-4-10-22-11-9-15-16(12-22)26-18(19-15)20-17(23)13-5-7-14(8-6-13)27(24,25)21(2)3/h5-8H,4,9-12H2,1-3H3,(H,19,20,23). The Labute approximate surface area is 164 Å². The van der Waals surface area contributed by atoms with Crippen LogP contribution in [0.2, 0.25) is 0 Å². The van der Waals surface area contributed by atoms with Crippen molar-refractivity contribution in [3.05, 3.63) is 40.4 Å². The maximum absolute atomic E-state index is 12.5. The average Bonchev–Trinajstić information content (AvgIpc) is 3.03. The quantitative estimate of drug-likeness (QED) is 0.794. The van der Waals surface area contributed by atoms with E-state index in [4.69, 9.17) is 0 Å². The Morgan fingerprint density at radius 2 is 2.00 bits per heavy atom. The molecule has 1 aromatic carbocycles. The first kappa shape index (κ1) is 19.9. The lowest BCUT2D eigenvalue weighted by molar-refractivity contribution is 0.102. The second-order valence-electron chi connectivity index (χ2n) is 6.68. The summed E-state index contributed by atoms with van der Waals surface area (Å²) < 4.78 is 25.3. The Balaban J connectivity index is 1.70. The van der Waals surface area contributed by atoms with Gasteiger partial charge in [-0.2, -0.15) is 0 Å². The number of hydrogen-bond acceptors (Lipinski definition) is 6. The lowest BCUT2D eigenvalue weighted by Gasteiger charge is -2.24. The van der Waals surface area contributed by atoms with Crippen molar-refractivity contribution >= 4 is 32.4 Å². The van der Waals surface area contributed by atoms with Crippen molar-refractivity contribution in [2.45, 2.75) is 31.2 Å². The normalized spacial score (nSPS) is 15.0. The van der Waals surface area contributed by atoms with Crippen LogP contribution in [0.15, 0.2) is 29.2 Å². The molecule has 0 bridgehead atoms. The molecule has 1 aromatic heterocycles. The molecule has 1 aliphatic heterocycles. The molecule has 0 unspecified atom stereocenters. The van der Waals surface area contributed by atoms with Crippen molar-refractivity contribution in [1.82, 2.24) is 14.2 Å². The van der Waals surface area contributed by atoms with Crippen LogP contribution >= 0.6 is 11.3 Å². The highest BCUT2D eigenvalue weighted by Crippen LogP contribution is 2.28. The fraction of sp³-hybridized carbons (Fsp3) is 0.444. The fourth-order valence-corrected chi connectivity index (χ4v) is 4.91. The number of benzene rings is 1. The number of nitrogens with one attached hydrogen (secondary N) is 1. The van der Waals surface area contributed by atoms with Crippen LogP contribution in [0, 0.1) is 0 Å². The monoisotopic (exact) mass is 408 g/mol. The van der Waals surface area contributed by atoms with Crippen LogP contribution in [0.4, 0.5) is 5.13 Å². The fourth-order valence-electron chi connectivity index (χ4n) is 2.97. The number of sulfonamides is 1. The molecule has 2 aromatic rings. The molecule has 1 amide bonds. The second kappa shape index (κ2) is 8.05. The predicted molar refractivity (Wildman–Crippen MR) is 107 cm³/mol. The van der Waals surface area contributed by atoms with Gasteiger partial charge in [-0.15, -0.1) is 11.3 Å². The first-order chi connectivity index (χ1) is 12.8. The van der Waals surface area contributed by atoms with Gasteiger partial charge in [0.2, 0.25) is 10.0 Å². The highest BCUT2D eigenvalue weighted by molar-refractivity contribution is 7.89. The van der Waals surface area contributed by atoms with Crippen molar-refractivity contribution in [1.29, 1.82) is 0 Å². The lowest BCUT2D eigenvalue weighted by atomic mass is 10.2. The van der Waals surface area contributed by atoms with Gasteiger partial charge in [0.15, 0.2) is 5.13 Å². The molecular formula is C18H24N4O3S2. The number of fused-ring (bicyclic) bond motifs is 1. The molecule has 0 radical (unpaired) electrons. The van der Waals surface area contributed by atoms with Crippen LogP contribution in [0.1, 0.15) is 34.3 Å². The number of hydrogen-bond donors (Lipinski definition) is 1. The van der Waals surface area contributed by atoms with Gasteiger partial charge in [-0.1, -0.05) is 6.92 Å². The molecule has 146 valence electrons. The molecule has 1 N–H and O–H groups in total. The van der Waals surface area contributed by atoms with E-state index in [2.05, 4.69) is 22.1 Å². The maximum Gasteiger partial charge on any atom is 0.257 e. The van der Waals surface area contributed by atoms with E-state index >= 15 is 0 Å². The van der Waals surface area contributed by atoms with Crippen molar-refractivity contribution in [2.75, 3.05) is 32.5 Å². The Hall–Kier alpha value is -1.81. The summed E-state index contributed by atoms with van der Waals surface area (Å²) in [5.74, 6) is -0.291. The molecule has 27 heavy (non-hydrogen) atoms. The number of nitrogens with zero attached hydrogens (tertiary/aromatic N) is 3. The molecular weight excluding hydrogens is 384 g/mol. The Morgan fingerprint density at radius 1 is 1.30 bits per heavy atom. The topological polar surface area (TPSA) is 82.6 Å². The molecule has 3 rings (SSSR count). The number of rotatable bonds is 6. The van der Waals surface area contributed by atoms with Gasteiger partial charge in [0.25, 0.3) is 5.91 Å². The maximum atomic E-state index is 12.5. The summed E-state index contributed by atoms with van der Waals surface area (Å²) in [6, 6.07) is 5.92. The molecule has 0 spiro atoms. The number of carbonyl (C=O) groups is 1. The number of amides is 1. The minimum Gasteiger partial charge on any atom is -0.298 e. The van der Waals surface area contributed by atoms with E-state index in [1.165, 1.54) is 54.6 Å². The van der Waals surface area contributed by atoms with E-state index in [9.17, 15) is 13.2 Å². The smallest absolute Gasteiger partial charge is 0.257 e. The Kier molecular flexibility index (Phi) is 5.95. The summed E-state index contributed by atoms with van der Waals surface area (Å²) in [4.78, 5) is 20.8. The highest BCUT2D eigenvalue weighted by Gasteiger charge is 2.21. The first-order valence-electron chi connectivity index (χ1n) is 8.86. The van der Waals surface area contributed by atoms with Gasteiger partial charge < -0.3 is 0 Å². The van der Waals surface area contributed by atoms with Gasteiger partial charge in [0.05, 0.1) is 10.6 Å². The minimum absolute atomic E-state index is 0.157. The van der Waals surface area contributed by atoms with Gasteiger partial charge >= 0.3 is 0 Å². The first-order valence-corrected chi connectivity index (χ1v) is 11.1. The van der Waals surface area contributed by atoms with Crippen molar-refractivity contribution in [2.24, 2.45) is 0 Å². The van der Waals surface area contributed by atoms with Gasteiger partial charge in [-0.3, -0.25) is 15.0 Å². The van der Waals surface area contributed by atoms with Crippen LogP contribution in [0.3, 0.4) is 0 Å². The SMILES string of the molecule is CCCN1CCc2nc(NC(=O)c3ccc(S(=O)(=O)N(C)C)cc3)sc2C1. The number of anilines is 1. The van der Waals surface area contributed by atoms with E-state index in [1.54, 1.807) is 0 Å². The van der Waals surface area contributed by atoms with Crippen molar-refractivity contribution in [3.63, 3.8) is 0 Å². The van der Waals surface area contributed by atoms with E-state index < -0.39 is 10.0 Å². The minimum atomic E-state index is -3.50. The molecule has 9 heteroatoms. The summed E-state index contributed by atoms with van der Waals surface area (Å²) in [6.07, 6.45) is 2.02. The lowest BCUT2D eigenvalue weighted by Crippen LogP contribution is -2.30. The summed E-state index contributed by atoms with van der Waals surface area (Å²) in [5.41, 5.74) is 1.46. The molecule has 0 saturated carbocycles. The van der Waals surface area contributed by atoms with Gasteiger partial charge in [-0.05, 0) is 37.2 Å².